The van der Waals surface area contributed by atoms with Crippen LogP contribution in [0.2, 0.25) is 0 Å². The van der Waals surface area contributed by atoms with Crippen molar-refractivity contribution in [3.05, 3.63) is 35.4 Å². The van der Waals surface area contributed by atoms with Crippen LogP contribution >= 0.6 is 0 Å². The molecule has 1 rings (SSSR count). The molecule has 0 aliphatic heterocycles. The van der Waals surface area contributed by atoms with Crippen LogP contribution in [0.5, 0.6) is 0 Å². The molecule has 0 heterocycles. The van der Waals surface area contributed by atoms with Crippen LogP contribution < -0.4 is 10.6 Å². The summed E-state index contributed by atoms with van der Waals surface area (Å²) in [7, 11) is 0. The highest BCUT2D eigenvalue weighted by molar-refractivity contribution is 5.25. The third-order valence-corrected chi connectivity index (χ3v) is 2.84. The van der Waals surface area contributed by atoms with Gasteiger partial charge in [-0.2, -0.15) is 0 Å². The molecule has 1 aromatic rings. The van der Waals surface area contributed by atoms with Crippen molar-refractivity contribution in [1.82, 2.24) is 10.6 Å². The molecule has 0 saturated heterocycles. The Balaban J connectivity index is 2.34. The summed E-state index contributed by atoms with van der Waals surface area (Å²) in [4.78, 5) is 0. The van der Waals surface area contributed by atoms with Crippen molar-refractivity contribution in [2.45, 2.75) is 52.7 Å². The largest absolute Gasteiger partial charge is 0.311 e. The molecule has 0 saturated carbocycles. The third kappa shape index (κ3) is 5.85. The van der Waals surface area contributed by atoms with Crippen molar-refractivity contribution in [3.63, 3.8) is 0 Å². The summed E-state index contributed by atoms with van der Waals surface area (Å²) in [6.45, 7) is 12.9. The molecule has 0 radical (unpaired) electrons. The minimum atomic E-state index is 0.193. The van der Waals surface area contributed by atoms with E-state index in [-0.39, 0.29) is 5.54 Å². The van der Waals surface area contributed by atoms with Crippen LogP contribution in [0.25, 0.3) is 0 Å². The Hall–Kier alpha value is -0.860. The molecule has 17 heavy (non-hydrogen) atoms. The van der Waals surface area contributed by atoms with E-state index < -0.39 is 0 Å². The van der Waals surface area contributed by atoms with Gasteiger partial charge < -0.3 is 10.6 Å². The SMILES string of the molecule is Cc1ccccc1CNC(C)CNC(C)(C)C. The molecule has 0 spiro atoms. The molecule has 0 aliphatic carbocycles. The molecular formula is C15H26N2. The molecule has 2 N–H and O–H groups in total. The zero-order valence-electron chi connectivity index (χ0n) is 11.8. The average molecular weight is 234 g/mol. The topological polar surface area (TPSA) is 24.1 Å². The zero-order chi connectivity index (χ0) is 12.9. The molecule has 0 amide bonds. The van der Waals surface area contributed by atoms with Crippen molar-refractivity contribution in [3.8, 4) is 0 Å². The lowest BCUT2D eigenvalue weighted by atomic mass is 10.1. The van der Waals surface area contributed by atoms with Crippen molar-refractivity contribution in [2.75, 3.05) is 6.54 Å². The maximum atomic E-state index is 3.55. The monoisotopic (exact) mass is 234 g/mol. The number of hydrogen-bond donors (Lipinski definition) is 2. The van der Waals surface area contributed by atoms with Gasteiger partial charge in [-0.05, 0) is 45.7 Å². The summed E-state index contributed by atoms with van der Waals surface area (Å²) in [5.41, 5.74) is 2.93. The van der Waals surface area contributed by atoms with Gasteiger partial charge in [0.1, 0.15) is 0 Å². The van der Waals surface area contributed by atoms with Crippen LogP contribution in [0.4, 0.5) is 0 Å². The van der Waals surface area contributed by atoms with Gasteiger partial charge in [0.05, 0.1) is 0 Å². The van der Waals surface area contributed by atoms with Crippen LogP contribution in [0.3, 0.4) is 0 Å². The van der Waals surface area contributed by atoms with E-state index in [1.165, 1.54) is 11.1 Å². The Morgan fingerprint density at radius 3 is 2.41 bits per heavy atom. The normalized spacial score (nSPS) is 13.7. The Morgan fingerprint density at radius 1 is 1.18 bits per heavy atom. The van der Waals surface area contributed by atoms with E-state index in [4.69, 9.17) is 0 Å². The van der Waals surface area contributed by atoms with Crippen molar-refractivity contribution in [2.24, 2.45) is 0 Å². The molecule has 1 aromatic carbocycles. The maximum Gasteiger partial charge on any atom is 0.0211 e. The highest BCUT2D eigenvalue weighted by atomic mass is 15.0. The molecule has 1 atom stereocenters. The van der Waals surface area contributed by atoms with E-state index in [0.717, 1.165) is 13.1 Å². The van der Waals surface area contributed by atoms with Crippen LogP contribution in [-0.4, -0.2) is 18.1 Å². The van der Waals surface area contributed by atoms with Crippen LogP contribution in [-0.2, 0) is 6.54 Å². The molecule has 0 aliphatic rings. The van der Waals surface area contributed by atoms with E-state index in [9.17, 15) is 0 Å². The standard InChI is InChI=1S/C15H26N2/c1-12-8-6-7-9-14(12)11-16-13(2)10-17-15(3,4)5/h6-9,13,16-17H,10-11H2,1-5H3. The number of benzene rings is 1. The first kappa shape index (κ1) is 14.2. The molecule has 0 fully saturated rings. The average Bonchev–Trinajstić information content (AvgIpc) is 2.24. The Bertz CT molecular complexity index is 339. The van der Waals surface area contributed by atoms with Crippen LogP contribution in [0.1, 0.15) is 38.8 Å². The van der Waals surface area contributed by atoms with Crippen LogP contribution in [0.15, 0.2) is 24.3 Å². The lowest BCUT2D eigenvalue weighted by Crippen LogP contribution is -2.44. The number of hydrogen-bond acceptors (Lipinski definition) is 2. The fraction of sp³-hybridized carbons (Fsp3) is 0.600. The van der Waals surface area contributed by atoms with E-state index in [1.807, 2.05) is 0 Å². The van der Waals surface area contributed by atoms with Gasteiger partial charge in [0.15, 0.2) is 0 Å². The second-order valence-electron chi connectivity index (χ2n) is 5.84. The van der Waals surface area contributed by atoms with Crippen molar-refractivity contribution < 1.29 is 0 Å². The summed E-state index contributed by atoms with van der Waals surface area (Å²) in [6.07, 6.45) is 0. The minimum Gasteiger partial charge on any atom is -0.311 e. The van der Waals surface area contributed by atoms with Gasteiger partial charge in [-0.3, -0.25) is 0 Å². The molecule has 1 unspecified atom stereocenters. The van der Waals surface area contributed by atoms with Crippen molar-refractivity contribution >= 4 is 0 Å². The zero-order valence-corrected chi connectivity index (χ0v) is 11.8. The Kier molecular flexibility index (Phi) is 5.16. The Morgan fingerprint density at radius 2 is 1.82 bits per heavy atom. The molecule has 2 nitrogen and oxygen atoms in total. The molecule has 96 valence electrons. The summed E-state index contributed by atoms with van der Waals surface area (Å²) in [5.74, 6) is 0. The summed E-state index contributed by atoms with van der Waals surface area (Å²) in [6, 6.07) is 9.01. The lowest BCUT2D eigenvalue weighted by molar-refractivity contribution is 0.387. The lowest BCUT2D eigenvalue weighted by Gasteiger charge is -2.24. The fourth-order valence-electron chi connectivity index (χ4n) is 1.62. The predicted molar refractivity (Wildman–Crippen MR) is 75.2 cm³/mol. The second kappa shape index (κ2) is 6.18. The van der Waals surface area contributed by atoms with E-state index in [2.05, 4.69) is 69.5 Å². The van der Waals surface area contributed by atoms with E-state index in [1.54, 1.807) is 0 Å². The van der Waals surface area contributed by atoms with E-state index in [0.29, 0.717) is 6.04 Å². The maximum absolute atomic E-state index is 3.55. The van der Waals surface area contributed by atoms with Gasteiger partial charge in [-0.1, -0.05) is 24.3 Å². The first-order valence-corrected chi connectivity index (χ1v) is 6.41. The quantitative estimate of drug-likeness (QED) is 0.818. The van der Waals surface area contributed by atoms with Crippen LogP contribution in [0, 0.1) is 6.92 Å². The highest BCUT2D eigenvalue weighted by Gasteiger charge is 2.10. The molecule has 2 heteroatoms. The smallest absolute Gasteiger partial charge is 0.0211 e. The van der Waals surface area contributed by atoms with Gasteiger partial charge >= 0.3 is 0 Å². The van der Waals surface area contributed by atoms with Crippen molar-refractivity contribution in [1.29, 1.82) is 0 Å². The predicted octanol–water partition coefficient (Wildman–Crippen LogP) is 2.86. The van der Waals surface area contributed by atoms with Gasteiger partial charge in [0.2, 0.25) is 0 Å². The van der Waals surface area contributed by atoms with Gasteiger partial charge in [0.25, 0.3) is 0 Å². The molecule has 0 bridgehead atoms. The first-order chi connectivity index (χ1) is 7.88. The number of aryl methyl sites for hydroxylation is 1. The Labute approximate surface area is 106 Å². The second-order valence-corrected chi connectivity index (χ2v) is 5.84. The van der Waals surface area contributed by atoms with Gasteiger partial charge in [0, 0.05) is 24.7 Å². The first-order valence-electron chi connectivity index (χ1n) is 6.41. The molecular weight excluding hydrogens is 208 g/mol. The fourth-order valence-corrected chi connectivity index (χ4v) is 1.62. The number of nitrogens with one attached hydrogen (secondary N) is 2. The molecule has 0 aromatic heterocycles. The number of rotatable bonds is 5. The summed E-state index contributed by atoms with van der Waals surface area (Å²) >= 11 is 0. The summed E-state index contributed by atoms with van der Waals surface area (Å²) in [5, 5.41) is 7.06. The highest BCUT2D eigenvalue weighted by Crippen LogP contribution is 2.06. The summed E-state index contributed by atoms with van der Waals surface area (Å²) < 4.78 is 0. The van der Waals surface area contributed by atoms with Gasteiger partial charge in [-0.15, -0.1) is 0 Å². The minimum absolute atomic E-state index is 0.193. The van der Waals surface area contributed by atoms with E-state index >= 15 is 0 Å². The van der Waals surface area contributed by atoms with Gasteiger partial charge in [-0.25, -0.2) is 0 Å². The third-order valence-electron chi connectivity index (χ3n) is 2.84.